The summed E-state index contributed by atoms with van der Waals surface area (Å²) in [6.07, 6.45) is 1.47. The third-order valence-electron chi connectivity index (χ3n) is 4.27. The van der Waals surface area contributed by atoms with Gasteiger partial charge in [-0.3, -0.25) is 4.79 Å². The molecule has 3 rings (SSSR count). The number of carbonyl (C=O) groups is 1. The zero-order valence-electron chi connectivity index (χ0n) is 16.1. The van der Waals surface area contributed by atoms with Crippen molar-refractivity contribution in [1.29, 1.82) is 10.5 Å². The van der Waals surface area contributed by atoms with Crippen LogP contribution in [0, 0.1) is 22.7 Å². The van der Waals surface area contributed by atoms with Crippen LogP contribution in [0.2, 0.25) is 10.0 Å². The molecule has 1 N–H and O–H groups in total. The molecule has 0 aliphatic heterocycles. The highest BCUT2D eigenvalue weighted by Gasteiger charge is 2.11. The summed E-state index contributed by atoms with van der Waals surface area (Å²) in [5, 5.41) is 21.8. The van der Waals surface area contributed by atoms with Gasteiger partial charge in [0, 0.05) is 11.3 Å². The molecule has 7 heteroatoms. The Balaban J connectivity index is 1.67. The van der Waals surface area contributed by atoms with E-state index in [1.807, 2.05) is 18.2 Å². The van der Waals surface area contributed by atoms with Crippen molar-refractivity contribution in [2.75, 3.05) is 5.32 Å². The summed E-state index contributed by atoms with van der Waals surface area (Å²) < 4.78 is 5.73. The predicted molar refractivity (Wildman–Crippen MR) is 121 cm³/mol. The summed E-state index contributed by atoms with van der Waals surface area (Å²) in [4.78, 5) is 12.4. The van der Waals surface area contributed by atoms with Gasteiger partial charge in [0.25, 0.3) is 5.91 Å². The molecule has 0 aromatic heterocycles. The largest absolute Gasteiger partial charge is 0.489 e. The van der Waals surface area contributed by atoms with Crippen LogP contribution in [0.4, 0.5) is 5.69 Å². The van der Waals surface area contributed by atoms with Gasteiger partial charge in [0.2, 0.25) is 0 Å². The van der Waals surface area contributed by atoms with E-state index in [1.165, 1.54) is 12.1 Å². The number of amides is 1. The lowest BCUT2D eigenvalue weighted by atomic mass is 10.1. The van der Waals surface area contributed by atoms with Crippen LogP contribution in [-0.4, -0.2) is 5.91 Å². The van der Waals surface area contributed by atoms with E-state index in [0.717, 1.165) is 5.56 Å². The highest BCUT2D eigenvalue weighted by Crippen LogP contribution is 2.25. The van der Waals surface area contributed by atoms with E-state index in [9.17, 15) is 10.1 Å². The smallest absolute Gasteiger partial charge is 0.266 e. The lowest BCUT2D eigenvalue weighted by molar-refractivity contribution is -0.112. The van der Waals surface area contributed by atoms with Crippen molar-refractivity contribution >= 4 is 40.9 Å². The predicted octanol–water partition coefficient (Wildman–Crippen LogP) is 5.99. The first-order valence-corrected chi connectivity index (χ1v) is 9.85. The van der Waals surface area contributed by atoms with Crippen LogP contribution in [0.1, 0.15) is 16.7 Å². The molecular weight excluding hydrogens is 433 g/mol. The molecule has 1 amide bonds. The first-order valence-electron chi connectivity index (χ1n) is 9.09. The van der Waals surface area contributed by atoms with E-state index < -0.39 is 5.91 Å². The Kier molecular flexibility index (Phi) is 7.30. The Morgan fingerprint density at radius 3 is 2.42 bits per heavy atom. The number of ether oxygens (including phenoxy) is 1. The quantitative estimate of drug-likeness (QED) is 0.371. The van der Waals surface area contributed by atoms with E-state index in [0.29, 0.717) is 32.6 Å². The number of nitrogens with one attached hydrogen (secondary N) is 1. The van der Waals surface area contributed by atoms with Crippen molar-refractivity contribution in [1.82, 2.24) is 0 Å². The van der Waals surface area contributed by atoms with Gasteiger partial charge >= 0.3 is 0 Å². The van der Waals surface area contributed by atoms with Gasteiger partial charge in [-0.15, -0.1) is 0 Å². The first kappa shape index (κ1) is 21.9. The summed E-state index contributed by atoms with van der Waals surface area (Å²) in [6, 6.07) is 22.8. The highest BCUT2D eigenvalue weighted by molar-refractivity contribution is 6.42. The SMILES string of the molecule is N#C/C(=C\c1ccc(OCc2ccccc2C#N)cc1)C(=O)Nc1ccc(Cl)c(Cl)c1. The molecule has 5 nitrogen and oxygen atoms in total. The number of rotatable bonds is 6. The molecule has 0 spiro atoms. The molecule has 0 bridgehead atoms. The molecule has 3 aromatic carbocycles. The van der Waals surface area contributed by atoms with Gasteiger partial charge in [-0.05, 0) is 48.0 Å². The number of hydrogen-bond donors (Lipinski definition) is 1. The molecule has 0 saturated carbocycles. The number of nitrogens with zero attached hydrogens (tertiary/aromatic N) is 2. The molecule has 0 heterocycles. The molecule has 0 fully saturated rings. The maximum absolute atomic E-state index is 12.4. The number of anilines is 1. The lowest BCUT2D eigenvalue weighted by Gasteiger charge is -2.08. The molecule has 0 radical (unpaired) electrons. The fourth-order valence-corrected chi connectivity index (χ4v) is 2.96. The Morgan fingerprint density at radius 1 is 1.00 bits per heavy atom. The second kappa shape index (κ2) is 10.3. The van der Waals surface area contributed by atoms with Crippen LogP contribution in [0.5, 0.6) is 5.75 Å². The van der Waals surface area contributed by atoms with Crippen molar-refractivity contribution in [3.63, 3.8) is 0 Å². The Hall–Kier alpha value is -3.77. The number of benzene rings is 3. The Morgan fingerprint density at radius 2 is 1.74 bits per heavy atom. The summed E-state index contributed by atoms with van der Waals surface area (Å²) in [5.74, 6) is 0.0398. The van der Waals surface area contributed by atoms with Crippen molar-refractivity contribution in [3.05, 3.63) is 99.0 Å². The maximum Gasteiger partial charge on any atom is 0.266 e. The number of nitriles is 2. The minimum atomic E-state index is -0.561. The monoisotopic (exact) mass is 447 g/mol. The number of carbonyl (C=O) groups excluding carboxylic acids is 1. The van der Waals surface area contributed by atoms with Gasteiger partial charge in [0.1, 0.15) is 24.0 Å². The molecule has 0 aliphatic rings. The second-order valence-corrected chi connectivity index (χ2v) is 7.19. The van der Waals surface area contributed by atoms with Crippen LogP contribution in [-0.2, 0) is 11.4 Å². The summed E-state index contributed by atoms with van der Waals surface area (Å²) in [6.45, 7) is 0.258. The first-order chi connectivity index (χ1) is 15.0. The minimum Gasteiger partial charge on any atom is -0.489 e. The summed E-state index contributed by atoms with van der Waals surface area (Å²) >= 11 is 11.8. The van der Waals surface area contributed by atoms with E-state index >= 15 is 0 Å². The zero-order chi connectivity index (χ0) is 22.2. The topological polar surface area (TPSA) is 85.9 Å². The summed E-state index contributed by atoms with van der Waals surface area (Å²) in [5.41, 5.74) is 2.38. The zero-order valence-corrected chi connectivity index (χ0v) is 17.6. The van der Waals surface area contributed by atoms with Crippen molar-refractivity contribution in [2.45, 2.75) is 6.61 Å². The average Bonchev–Trinajstić information content (AvgIpc) is 2.79. The van der Waals surface area contributed by atoms with E-state index in [4.69, 9.17) is 33.2 Å². The van der Waals surface area contributed by atoms with Crippen LogP contribution >= 0.6 is 23.2 Å². The third-order valence-corrected chi connectivity index (χ3v) is 5.00. The molecule has 0 aliphatic carbocycles. The van der Waals surface area contributed by atoms with Crippen molar-refractivity contribution in [3.8, 4) is 17.9 Å². The molecular formula is C24H15Cl2N3O2. The van der Waals surface area contributed by atoms with E-state index in [1.54, 1.807) is 48.5 Å². The Labute approximate surface area is 189 Å². The molecule has 0 atom stereocenters. The van der Waals surface area contributed by atoms with Gasteiger partial charge in [0.05, 0.1) is 21.7 Å². The lowest BCUT2D eigenvalue weighted by Crippen LogP contribution is -2.13. The second-order valence-electron chi connectivity index (χ2n) is 6.38. The molecule has 3 aromatic rings. The normalized spacial score (nSPS) is 10.6. The summed E-state index contributed by atoms with van der Waals surface area (Å²) in [7, 11) is 0. The average molecular weight is 448 g/mol. The van der Waals surface area contributed by atoms with Crippen LogP contribution in [0.15, 0.2) is 72.3 Å². The third kappa shape index (κ3) is 5.87. The van der Waals surface area contributed by atoms with Crippen LogP contribution < -0.4 is 10.1 Å². The van der Waals surface area contributed by atoms with E-state index in [2.05, 4.69) is 11.4 Å². The number of hydrogen-bond acceptors (Lipinski definition) is 4. The van der Waals surface area contributed by atoms with Crippen molar-refractivity contribution < 1.29 is 9.53 Å². The van der Waals surface area contributed by atoms with Gasteiger partial charge in [-0.2, -0.15) is 10.5 Å². The highest BCUT2D eigenvalue weighted by atomic mass is 35.5. The molecule has 152 valence electrons. The fourth-order valence-electron chi connectivity index (χ4n) is 2.66. The standard InChI is InChI=1S/C24H15Cl2N3O2/c25-22-10-7-20(12-23(22)26)29-24(30)19(14-28)11-16-5-8-21(9-6-16)31-15-18-4-2-1-3-17(18)13-27/h1-12H,15H2,(H,29,30)/b19-11+. The van der Waals surface area contributed by atoms with Gasteiger partial charge in [-0.1, -0.05) is 53.5 Å². The van der Waals surface area contributed by atoms with Gasteiger partial charge in [-0.25, -0.2) is 0 Å². The molecule has 31 heavy (non-hydrogen) atoms. The van der Waals surface area contributed by atoms with Gasteiger partial charge in [0.15, 0.2) is 0 Å². The van der Waals surface area contributed by atoms with Crippen LogP contribution in [0.25, 0.3) is 6.08 Å². The fraction of sp³-hybridized carbons (Fsp3) is 0.0417. The molecule has 0 saturated heterocycles. The van der Waals surface area contributed by atoms with Gasteiger partial charge < -0.3 is 10.1 Å². The maximum atomic E-state index is 12.4. The molecule has 0 unspecified atom stereocenters. The Bertz CT molecular complexity index is 1220. The number of halogens is 2. The van der Waals surface area contributed by atoms with Crippen molar-refractivity contribution in [2.24, 2.45) is 0 Å². The van der Waals surface area contributed by atoms with E-state index in [-0.39, 0.29) is 12.2 Å². The van der Waals surface area contributed by atoms with Crippen LogP contribution in [0.3, 0.4) is 0 Å². The minimum absolute atomic E-state index is 0.0670.